The molecule has 0 bridgehead atoms. The van der Waals surface area contributed by atoms with Crippen LogP contribution in [0.15, 0.2) is 48.8 Å². The Morgan fingerprint density at radius 2 is 2.12 bits per heavy atom. The molecule has 24 heavy (non-hydrogen) atoms. The lowest BCUT2D eigenvalue weighted by Crippen LogP contribution is -2.30. The number of rotatable bonds is 6. The number of H-pyrrole nitrogens is 1. The Kier molecular flexibility index (Phi) is 4.79. The molecule has 3 aromatic rings. The number of fused-ring (bicyclic) bond motifs is 1. The number of amides is 1. The molecule has 3 rings (SSSR count). The molecule has 1 aromatic carbocycles. The molecule has 5 heteroatoms. The first kappa shape index (κ1) is 16.1. The summed E-state index contributed by atoms with van der Waals surface area (Å²) in [6.45, 7) is 0.648. The predicted molar refractivity (Wildman–Crippen MR) is 94.1 cm³/mol. The summed E-state index contributed by atoms with van der Waals surface area (Å²) in [6, 6.07) is 11.7. The van der Waals surface area contributed by atoms with Crippen molar-refractivity contribution in [2.75, 3.05) is 20.7 Å². The van der Waals surface area contributed by atoms with E-state index in [9.17, 15) is 4.79 Å². The van der Waals surface area contributed by atoms with Crippen LogP contribution >= 0.6 is 0 Å². The van der Waals surface area contributed by atoms with Gasteiger partial charge >= 0.3 is 0 Å². The minimum atomic E-state index is 0.0812. The third-order valence-corrected chi connectivity index (χ3v) is 4.17. The van der Waals surface area contributed by atoms with Crippen LogP contribution in [0.5, 0.6) is 5.75 Å². The van der Waals surface area contributed by atoms with E-state index < -0.39 is 0 Å². The molecule has 2 heterocycles. The lowest BCUT2D eigenvalue weighted by atomic mass is 10.1. The summed E-state index contributed by atoms with van der Waals surface area (Å²) in [6.07, 6.45) is 4.76. The molecule has 0 aliphatic heterocycles. The van der Waals surface area contributed by atoms with E-state index in [4.69, 9.17) is 4.74 Å². The van der Waals surface area contributed by atoms with Crippen LogP contribution < -0.4 is 4.74 Å². The fourth-order valence-corrected chi connectivity index (χ4v) is 2.78. The first-order valence-electron chi connectivity index (χ1n) is 7.96. The molecule has 124 valence electrons. The van der Waals surface area contributed by atoms with Gasteiger partial charge in [0.25, 0.3) is 0 Å². The van der Waals surface area contributed by atoms with Gasteiger partial charge in [-0.25, -0.2) is 0 Å². The van der Waals surface area contributed by atoms with Crippen molar-refractivity contribution in [2.24, 2.45) is 0 Å². The summed E-state index contributed by atoms with van der Waals surface area (Å²) in [5.74, 6) is 0.866. The number of methoxy groups -OCH3 is 1. The standard InChI is InChI=1S/C19H21N3O2/c1-22(11-9-15-6-3-4-10-20-15)18(23)12-14-13-21-16-7-5-8-17(24-2)19(14)16/h3-8,10,13,21H,9,11-12H2,1-2H3. The summed E-state index contributed by atoms with van der Waals surface area (Å²) in [5, 5.41) is 0.978. The molecule has 2 aromatic heterocycles. The van der Waals surface area contributed by atoms with Crippen LogP contribution in [-0.2, 0) is 17.6 Å². The van der Waals surface area contributed by atoms with E-state index in [1.807, 2.05) is 49.6 Å². The number of ether oxygens (including phenoxy) is 1. The van der Waals surface area contributed by atoms with Gasteiger partial charge in [-0.05, 0) is 29.8 Å². The second-order valence-electron chi connectivity index (χ2n) is 5.76. The maximum Gasteiger partial charge on any atom is 0.226 e. The van der Waals surface area contributed by atoms with Crippen LogP contribution in [0.3, 0.4) is 0 Å². The van der Waals surface area contributed by atoms with Crippen LogP contribution in [0.25, 0.3) is 10.9 Å². The number of carbonyl (C=O) groups is 1. The molecule has 0 atom stereocenters. The Balaban J connectivity index is 1.68. The van der Waals surface area contributed by atoms with E-state index in [2.05, 4.69) is 9.97 Å². The molecule has 0 aliphatic rings. The number of likely N-dealkylation sites (N-methyl/N-ethyl adjacent to an activating group) is 1. The largest absolute Gasteiger partial charge is 0.496 e. The first-order chi connectivity index (χ1) is 11.7. The van der Waals surface area contributed by atoms with Gasteiger partial charge < -0.3 is 14.6 Å². The number of hydrogen-bond donors (Lipinski definition) is 1. The Hall–Kier alpha value is -2.82. The van der Waals surface area contributed by atoms with Gasteiger partial charge in [0, 0.05) is 49.0 Å². The summed E-state index contributed by atoms with van der Waals surface area (Å²) < 4.78 is 5.42. The molecule has 0 fully saturated rings. The van der Waals surface area contributed by atoms with Crippen molar-refractivity contribution in [3.63, 3.8) is 0 Å². The fraction of sp³-hybridized carbons (Fsp3) is 0.263. The molecule has 1 N–H and O–H groups in total. The summed E-state index contributed by atoms with van der Waals surface area (Å²) in [5.41, 5.74) is 2.93. The smallest absolute Gasteiger partial charge is 0.226 e. The van der Waals surface area contributed by atoms with E-state index in [-0.39, 0.29) is 5.91 Å². The maximum atomic E-state index is 12.5. The molecule has 0 aliphatic carbocycles. The van der Waals surface area contributed by atoms with E-state index in [0.717, 1.165) is 34.3 Å². The van der Waals surface area contributed by atoms with Crippen LogP contribution in [0, 0.1) is 0 Å². The zero-order valence-corrected chi connectivity index (χ0v) is 14.0. The van der Waals surface area contributed by atoms with Crippen molar-refractivity contribution in [1.29, 1.82) is 0 Å². The van der Waals surface area contributed by atoms with Crippen molar-refractivity contribution in [2.45, 2.75) is 12.8 Å². The van der Waals surface area contributed by atoms with E-state index in [1.165, 1.54) is 0 Å². The van der Waals surface area contributed by atoms with E-state index in [0.29, 0.717) is 13.0 Å². The molecule has 0 saturated heterocycles. The monoisotopic (exact) mass is 323 g/mol. The Bertz CT molecular complexity index is 827. The summed E-state index contributed by atoms with van der Waals surface area (Å²) in [4.78, 5) is 21.8. The average Bonchev–Trinajstić information content (AvgIpc) is 3.03. The van der Waals surface area contributed by atoms with Gasteiger partial charge in [0.1, 0.15) is 5.75 Å². The number of benzene rings is 1. The second kappa shape index (κ2) is 7.17. The average molecular weight is 323 g/mol. The summed E-state index contributed by atoms with van der Waals surface area (Å²) >= 11 is 0. The quantitative estimate of drug-likeness (QED) is 0.759. The van der Waals surface area contributed by atoms with E-state index >= 15 is 0 Å². The molecule has 0 saturated carbocycles. The van der Waals surface area contributed by atoms with Crippen LogP contribution in [-0.4, -0.2) is 41.5 Å². The highest BCUT2D eigenvalue weighted by Gasteiger charge is 2.15. The Morgan fingerprint density at radius 3 is 2.88 bits per heavy atom. The molecule has 1 amide bonds. The zero-order valence-electron chi connectivity index (χ0n) is 14.0. The minimum absolute atomic E-state index is 0.0812. The molecule has 0 spiro atoms. The Labute approximate surface area is 141 Å². The van der Waals surface area contributed by atoms with Crippen molar-refractivity contribution in [3.8, 4) is 5.75 Å². The van der Waals surface area contributed by atoms with Crippen molar-refractivity contribution in [3.05, 3.63) is 60.0 Å². The predicted octanol–water partition coefficient (Wildman–Crippen LogP) is 2.82. The molecule has 0 unspecified atom stereocenters. The number of aromatic amines is 1. The number of nitrogens with one attached hydrogen (secondary N) is 1. The van der Waals surface area contributed by atoms with Gasteiger partial charge in [0.2, 0.25) is 5.91 Å². The van der Waals surface area contributed by atoms with Gasteiger partial charge in [-0.2, -0.15) is 0 Å². The molecular weight excluding hydrogens is 302 g/mol. The molecular formula is C19H21N3O2. The number of aromatic nitrogens is 2. The van der Waals surface area contributed by atoms with Crippen molar-refractivity contribution < 1.29 is 9.53 Å². The number of carbonyl (C=O) groups excluding carboxylic acids is 1. The lowest BCUT2D eigenvalue weighted by molar-refractivity contribution is -0.129. The maximum absolute atomic E-state index is 12.5. The second-order valence-corrected chi connectivity index (χ2v) is 5.76. The Morgan fingerprint density at radius 1 is 1.25 bits per heavy atom. The zero-order chi connectivity index (χ0) is 16.9. The highest BCUT2D eigenvalue weighted by Crippen LogP contribution is 2.28. The third-order valence-electron chi connectivity index (χ3n) is 4.17. The van der Waals surface area contributed by atoms with Gasteiger partial charge in [-0.15, -0.1) is 0 Å². The lowest BCUT2D eigenvalue weighted by Gasteiger charge is -2.17. The minimum Gasteiger partial charge on any atom is -0.496 e. The highest BCUT2D eigenvalue weighted by molar-refractivity contribution is 5.93. The number of hydrogen-bond acceptors (Lipinski definition) is 3. The number of pyridine rings is 1. The van der Waals surface area contributed by atoms with E-state index in [1.54, 1.807) is 18.2 Å². The molecule has 5 nitrogen and oxygen atoms in total. The number of nitrogens with zero attached hydrogens (tertiary/aromatic N) is 2. The van der Waals surface area contributed by atoms with Crippen molar-refractivity contribution in [1.82, 2.24) is 14.9 Å². The van der Waals surface area contributed by atoms with Crippen LogP contribution in [0.1, 0.15) is 11.3 Å². The van der Waals surface area contributed by atoms with Gasteiger partial charge in [0.05, 0.1) is 13.5 Å². The normalized spacial score (nSPS) is 10.8. The van der Waals surface area contributed by atoms with Crippen molar-refractivity contribution >= 4 is 16.8 Å². The van der Waals surface area contributed by atoms with Crippen LogP contribution in [0.4, 0.5) is 0 Å². The summed E-state index contributed by atoms with van der Waals surface area (Å²) in [7, 11) is 3.48. The van der Waals surface area contributed by atoms with Gasteiger partial charge in [-0.3, -0.25) is 9.78 Å². The third kappa shape index (κ3) is 3.40. The van der Waals surface area contributed by atoms with Crippen LogP contribution in [0.2, 0.25) is 0 Å². The topological polar surface area (TPSA) is 58.2 Å². The highest BCUT2D eigenvalue weighted by atomic mass is 16.5. The SMILES string of the molecule is COc1cccc2[nH]cc(CC(=O)N(C)CCc3ccccn3)c12. The van der Waals surface area contributed by atoms with Gasteiger partial charge in [0.15, 0.2) is 0 Å². The molecule has 0 radical (unpaired) electrons. The van der Waals surface area contributed by atoms with Gasteiger partial charge in [-0.1, -0.05) is 12.1 Å². The fourth-order valence-electron chi connectivity index (χ4n) is 2.78. The first-order valence-corrected chi connectivity index (χ1v) is 7.96.